The van der Waals surface area contributed by atoms with Crippen LogP contribution in [0.15, 0.2) is 29.2 Å². The van der Waals surface area contributed by atoms with E-state index in [-0.39, 0.29) is 24.6 Å². The second-order valence-electron chi connectivity index (χ2n) is 4.10. The molecule has 0 saturated carbocycles. The van der Waals surface area contributed by atoms with Gasteiger partial charge in [0.15, 0.2) is 6.10 Å². The minimum absolute atomic E-state index is 0.0664. The lowest BCUT2D eigenvalue weighted by molar-refractivity contribution is 0.0311. The molecule has 1 saturated heterocycles. The lowest BCUT2D eigenvalue weighted by Crippen LogP contribution is -2.45. The number of ether oxygens (including phenoxy) is 1. The van der Waals surface area contributed by atoms with Crippen molar-refractivity contribution in [2.75, 3.05) is 32.1 Å². The highest BCUT2D eigenvalue weighted by Crippen LogP contribution is 2.25. The van der Waals surface area contributed by atoms with Gasteiger partial charge in [0.1, 0.15) is 4.90 Å². The maximum absolute atomic E-state index is 12.5. The van der Waals surface area contributed by atoms with Crippen molar-refractivity contribution in [1.29, 1.82) is 5.26 Å². The van der Waals surface area contributed by atoms with Crippen LogP contribution in [0.5, 0.6) is 0 Å². The SMILES string of the molecule is CNc1ccccc1S(=O)(=O)N1CCOC(C#N)C1. The molecule has 0 aromatic heterocycles. The molecule has 1 aliphatic rings. The maximum atomic E-state index is 12.5. The van der Waals surface area contributed by atoms with E-state index >= 15 is 0 Å². The Hall–Kier alpha value is -1.62. The fraction of sp³-hybridized carbons (Fsp3) is 0.417. The van der Waals surface area contributed by atoms with Gasteiger partial charge in [0.2, 0.25) is 10.0 Å². The van der Waals surface area contributed by atoms with E-state index in [0.29, 0.717) is 5.69 Å². The third-order valence-corrected chi connectivity index (χ3v) is 4.87. The van der Waals surface area contributed by atoms with E-state index in [1.54, 1.807) is 31.3 Å². The van der Waals surface area contributed by atoms with E-state index in [1.165, 1.54) is 4.31 Å². The summed E-state index contributed by atoms with van der Waals surface area (Å²) in [6, 6.07) is 8.64. The first kappa shape index (κ1) is 13.8. The quantitative estimate of drug-likeness (QED) is 0.879. The zero-order chi connectivity index (χ0) is 13.9. The van der Waals surface area contributed by atoms with Gasteiger partial charge in [-0.3, -0.25) is 0 Å². The van der Waals surface area contributed by atoms with Crippen LogP contribution in [0.4, 0.5) is 5.69 Å². The normalized spacial score (nSPS) is 20.7. The monoisotopic (exact) mass is 281 g/mol. The number of sulfonamides is 1. The summed E-state index contributed by atoms with van der Waals surface area (Å²) in [5.41, 5.74) is 0.544. The Morgan fingerprint density at radius 2 is 2.21 bits per heavy atom. The van der Waals surface area contributed by atoms with E-state index < -0.39 is 16.1 Å². The molecule has 1 fully saturated rings. The fourth-order valence-electron chi connectivity index (χ4n) is 1.96. The van der Waals surface area contributed by atoms with Gasteiger partial charge in [-0.05, 0) is 12.1 Å². The minimum Gasteiger partial charge on any atom is -0.387 e. The van der Waals surface area contributed by atoms with E-state index in [1.807, 2.05) is 6.07 Å². The van der Waals surface area contributed by atoms with Crippen LogP contribution in [0.25, 0.3) is 0 Å². The van der Waals surface area contributed by atoms with Gasteiger partial charge in [-0.15, -0.1) is 0 Å². The van der Waals surface area contributed by atoms with Gasteiger partial charge in [0.25, 0.3) is 0 Å². The van der Waals surface area contributed by atoms with Crippen molar-refractivity contribution in [3.05, 3.63) is 24.3 Å². The van der Waals surface area contributed by atoms with Crippen LogP contribution in [0.3, 0.4) is 0 Å². The highest BCUT2D eigenvalue weighted by molar-refractivity contribution is 7.89. The number of para-hydroxylation sites is 1. The molecule has 0 amide bonds. The van der Waals surface area contributed by atoms with E-state index in [4.69, 9.17) is 10.00 Å². The van der Waals surface area contributed by atoms with Gasteiger partial charge in [0.05, 0.1) is 24.9 Å². The summed E-state index contributed by atoms with van der Waals surface area (Å²) >= 11 is 0. The summed E-state index contributed by atoms with van der Waals surface area (Å²) in [4.78, 5) is 0.219. The summed E-state index contributed by atoms with van der Waals surface area (Å²) in [5, 5.41) is 11.7. The molecule has 0 spiro atoms. The van der Waals surface area contributed by atoms with Crippen molar-refractivity contribution in [3.63, 3.8) is 0 Å². The van der Waals surface area contributed by atoms with Gasteiger partial charge in [0, 0.05) is 13.6 Å². The molecule has 0 radical (unpaired) electrons. The molecule has 1 atom stereocenters. The lowest BCUT2D eigenvalue weighted by Gasteiger charge is -2.29. The number of nitriles is 1. The molecule has 1 unspecified atom stereocenters. The summed E-state index contributed by atoms with van der Waals surface area (Å²) in [7, 11) is -1.94. The molecule has 7 heteroatoms. The van der Waals surface area contributed by atoms with Crippen LogP contribution >= 0.6 is 0 Å². The van der Waals surface area contributed by atoms with Crippen LogP contribution in [0.2, 0.25) is 0 Å². The van der Waals surface area contributed by atoms with Crippen molar-refractivity contribution in [2.45, 2.75) is 11.0 Å². The highest BCUT2D eigenvalue weighted by Gasteiger charge is 2.31. The summed E-state index contributed by atoms with van der Waals surface area (Å²) in [6.45, 7) is 0.564. The number of nitrogens with one attached hydrogen (secondary N) is 1. The average molecular weight is 281 g/mol. The molecule has 1 aliphatic heterocycles. The maximum Gasteiger partial charge on any atom is 0.245 e. The second kappa shape index (κ2) is 5.57. The number of rotatable bonds is 3. The van der Waals surface area contributed by atoms with Gasteiger partial charge < -0.3 is 10.1 Å². The van der Waals surface area contributed by atoms with E-state index in [2.05, 4.69) is 5.32 Å². The first-order valence-electron chi connectivity index (χ1n) is 5.87. The molecule has 0 bridgehead atoms. The second-order valence-corrected chi connectivity index (χ2v) is 6.00. The van der Waals surface area contributed by atoms with Crippen LogP contribution in [0, 0.1) is 11.3 Å². The summed E-state index contributed by atoms with van der Waals surface area (Å²) in [6.07, 6.45) is -0.703. The molecule has 2 rings (SSSR count). The number of hydrogen-bond donors (Lipinski definition) is 1. The Morgan fingerprint density at radius 1 is 1.47 bits per heavy atom. The molecule has 1 N–H and O–H groups in total. The first-order chi connectivity index (χ1) is 9.09. The minimum atomic E-state index is -3.61. The number of hydrogen-bond acceptors (Lipinski definition) is 5. The number of morpholine rings is 1. The lowest BCUT2D eigenvalue weighted by atomic mass is 10.3. The Morgan fingerprint density at radius 3 is 2.89 bits per heavy atom. The van der Waals surface area contributed by atoms with Crippen molar-refractivity contribution >= 4 is 15.7 Å². The number of benzene rings is 1. The van der Waals surface area contributed by atoms with Gasteiger partial charge >= 0.3 is 0 Å². The van der Waals surface area contributed by atoms with Gasteiger partial charge in [-0.1, -0.05) is 12.1 Å². The molecule has 1 aromatic carbocycles. The summed E-state index contributed by atoms with van der Waals surface area (Å²) < 4.78 is 31.6. The Bertz CT molecular complexity index is 594. The predicted octanol–water partition coefficient (Wildman–Crippen LogP) is 0.641. The molecule has 0 aliphatic carbocycles. The molecular weight excluding hydrogens is 266 g/mol. The standard InChI is InChI=1S/C12H15N3O3S/c1-14-11-4-2-3-5-12(11)19(16,17)15-6-7-18-10(8-13)9-15/h2-5,10,14H,6-7,9H2,1H3. The largest absolute Gasteiger partial charge is 0.387 e. The van der Waals surface area contributed by atoms with Gasteiger partial charge in [-0.25, -0.2) is 8.42 Å². The van der Waals surface area contributed by atoms with Crippen molar-refractivity contribution < 1.29 is 13.2 Å². The zero-order valence-electron chi connectivity index (χ0n) is 10.5. The van der Waals surface area contributed by atoms with Crippen LogP contribution in [0.1, 0.15) is 0 Å². The van der Waals surface area contributed by atoms with Crippen molar-refractivity contribution in [3.8, 4) is 6.07 Å². The third kappa shape index (κ3) is 2.71. The first-order valence-corrected chi connectivity index (χ1v) is 7.31. The highest BCUT2D eigenvalue weighted by atomic mass is 32.2. The fourth-order valence-corrected chi connectivity index (χ4v) is 3.58. The van der Waals surface area contributed by atoms with Crippen LogP contribution < -0.4 is 5.32 Å². The molecule has 1 aromatic rings. The smallest absolute Gasteiger partial charge is 0.245 e. The third-order valence-electron chi connectivity index (χ3n) is 2.95. The summed E-state index contributed by atoms with van der Waals surface area (Å²) in [5.74, 6) is 0. The zero-order valence-corrected chi connectivity index (χ0v) is 11.4. The topological polar surface area (TPSA) is 82.4 Å². The Balaban J connectivity index is 2.34. The van der Waals surface area contributed by atoms with Crippen molar-refractivity contribution in [1.82, 2.24) is 4.31 Å². The van der Waals surface area contributed by atoms with E-state index in [9.17, 15) is 8.42 Å². The van der Waals surface area contributed by atoms with Crippen LogP contribution in [-0.2, 0) is 14.8 Å². The molecule has 1 heterocycles. The Kier molecular flexibility index (Phi) is 4.04. The van der Waals surface area contributed by atoms with Crippen molar-refractivity contribution in [2.24, 2.45) is 0 Å². The average Bonchev–Trinajstić information content (AvgIpc) is 2.47. The van der Waals surface area contributed by atoms with E-state index in [0.717, 1.165) is 0 Å². The molecule has 102 valence electrons. The molecule has 6 nitrogen and oxygen atoms in total. The number of anilines is 1. The number of nitrogens with zero attached hydrogens (tertiary/aromatic N) is 2. The predicted molar refractivity (Wildman–Crippen MR) is 70.1 cm³/mol. The Labute approximate surface area is 112 Å². The molecular formula is C12H15N3O3S. The van der Waals surface area contributed by atoms with Crippen LogP contribution in [-0.4, -0.2) is 45.6 Å². The van der Waals surface area contributed by atoms with Gasteiger partial charge in [-0.2, -0.15) is 9.57 Å². The molecule has 19 heavy (non-hydrogen) atoms.